The van der Waals surface area contributed by atoms with E-state index in [0.717, 1.165) is 12.2 Å². The summed E-state index contributed by atoms with van der Waals surface area (Å²) in [6.45, 7) is 0. The third-order valence-corrected chi connectivity index (χ3v) is 1.92. The van der Waals surface area contributed by atoms with Crippen LogP contribution in [-0.2, 0) is 4.79 Å². The van der Waals surface area contributed by atoms with Crippen LogP contribution in [-0.4, -0.2) is 16.1 Å². The highest BCUT2D eigenvalue weighted by Gasteiger charge is 2.03. The van der Waals surface area contributed by atoms with Crippen LogP contribution in [0.3, 0.4) is 0 Å². The van der Waals surface area contributed by atoms with Crippen LogP contribution in [0.2, 0.25) is 0 Å². The molecule has 0 unspecified atom stereocenters. The molecule has 1 aromatic heterocycles. The first kappa shape index (κ1) is 10.1. The van der Waals surface area contributed by atoms with Crippen molar-refractivity contribution in [3.63, 3.8) is 0 Å². The van der Waals surface area contributed by atoms with Gasteiger partial charge >= 0.3 is 11.6 Å². The number of carboxylic acids is 1. The van der Waals surface area contributed by atoms with Gasteiger partial charge in [0.2, 0.25) is 5.89 Å². The Balaban J connectivity index is 2.58. The molecule has 0 radical (unpaired) electrons. The van der Waals surface area contributed by atoms with Gasteiger partial charge in [-0.15, -0.1) is 0 Å². The second-order valence-electron chi connectivity index (χ2n) is 3.03. The van der Waals surface area contributed by atoms with E-state index in [0.29, 0.717) is 10.9 Å². The van der Waals surface area contributed by atoms with Crippen molar-refractivity contribution in [1.29, 1.82) is 0 Å². The second kappa shape index (κ2) is 3.98. The molecule has 5 nitrogen and oxygen atoms in total. The number of carbonyl (C=O) groups is 1. The molecule has 0 fully saturated rings. The Kier molecular flexibility index (Phi) is 2.51. The van der Waals surface area contributed by atoms with Crippen molar-refractivity contribution in [2.24, 2.45) is 0 Å². The van der Waals surface area contributed by atoms with E-state index in [9.17, 15) is 9.59 Å². The van der Waals surface area contributed by atoms with Gasteiger partial charge in [-0.2, -0.15) is 0 Å². The Morgan fingerprint density at radius 3 is 2.88 bits per heavy atom. The predicted molar refractivity (Wildman–Crippen MR) is 56.9 cm³/mol. The molecule has 0 bridgehead atoms. The molecule has 2 rings (SSSR count). The average Bonchev–Trinajstić information content (AvgIpc) is 2.26. The first-order chi connectivity index (χ1) is 7.66. The van der Waals surface area contributed by atoms with Gasteiger partial charge in [-0.05, 0) is 12.1 Å². The summed E-state index contributed by atoms with van der Waals surface area (Å²) in [4.78, 5) is 25.7. The molecule has 1 N–H and O–H groups in total. The van der Waals surface area contributed by atoms with Crippen molar-refractivity contribution in [2.75, 3.05) is 0 Å². The van der Waals surface area contributed by atoms with Gasteiger partial charge in [0, 0.05) is 12.2 Å². The number of hydrogen-bond acceptors (Lipinski definition) is 4. The molecule has 1 heterocycles. The van der Waals surface area contributed by atoms with Gasteiger partial charge in [0.15, 0.2) is 0 Å². The SMILES string of the molecule is O=C(O)/C=C/c1nc2ccccc2c(=O)o1. The molecule has 80 valence electrons. The Hall–Kier alpha value is -2.43. The minimum atomic E-state index is -1.13. The molecule has 0 aliphatic rings. The third-order valence-electron chi connectivity index (χ3n) is 1.92. The second-order valence-corrected chi connectivity index (χ2v) is 3.03. The summed E-state index contributed by atoms with van der Waals surface area (Å²) in [6, 6.07) is 6.69. The molecule has 0 saturated heterocycles. The zero-order chi connectivity index (χ0) is 11.5. The fraction of sp³-hybridized carbons (Fsp3) is 0. The van der Waals surface area contributed by atoms with Crippen molar-refractivity contribution >= 4 is 22.9 Å². The zero-order valence-corrected chi connectivity index (χ0v) is 8.08. The van der Waals surface area contributed by atoms with E-state index < -0.39 is 11.6 Å². The van der Waals surface area contributed by atoms with Crippen LogP contribution in [0, 0.1) is 0 Å². The van der Waals surface area contributed by atoms with Gasteiger partial charge in [0.1, 0.15) is 0 Å². The molecule has 2 aromatic rings. The summed E-state index contributed by atoms with van der Waals surface area (Å²) in [5, 5.41) is 8.79. The monoisotopic (exact) mass is 217 g/mol. The lowest BCUT2D eigenvalue weighted by Gasteiger charge is -1.95. The van der Waals surface area contributed by atoms with Crippen LogP contribution in [0.1, 0.15) is 5.89 Å². The van der Waals surface area contributed by atoms with Crippen LogP contribution in [0.4, 0.5) is 0 Å². The van der Waals surface area contributed by atoms with E-state index >= 15 is 0 Å². The average molecular weight is 217 g/mol. The maximum atomic E-state index is 11.5. The van der Waals surface area contributed by atoms with Gasteiger partial charge < -0.3 is 9.52 Å². The highest BCUT2D eigenvalue weighted by atomic mass is 16.4. The molecular weight excluding hydrogens is 210 g/mol. The standard InChI is InChI=1S/C11H7NO4/c13-10(14)6-5-9-12-8-4-2-1-3-7(8)11(15)16-9/h1-6H,(H,13,14)/b6-5+. The van der Waals surface area contributed by atoms with Gasteiger partial charge in [-0.1, -0.05) is 12.1 Å². The quantitative estimate of drug-likeness (QED) is 0.766. The Morgan fingerprint density at radius 2 is 2.12 bits per heavy atom. The van der Waals surface area contributed by atoms with Crippen molar-refractivity contribution < 1.29 is 14.3 Å². The van der Waals surface area contributed by atoms with E-state index in [1.807, 2.05) is 0 Å². The fourth-order valence-corrected chi connectivity index (χ4v) is 1.25. The summed E-state index contributed by atoms with van der Waals surface area (Å²) >= 11 is 0. The van der Waals surface area contributed by atoms with Crippen LogP contribution in [0.15, 0.2) is 39.6 Å². The number of fused-ring (bicyclic) bond motifs is 1. The minimum absolute atomic E-state index is 0.0221. The number of rotatable bonds is 2. The number of hydrogen-bond donors (Lipinski definition) is 1. The van der Waals surface area contributed by atoms with Gasteiger partial charge in [0.25, 0.3) is 0 Å². The Labute approximate surface area is 89.7 Å². The van der Waals surface area contributed by atoms with E-state index in [2.05, 4.69) is 4.98 Å². The molecule has 0 aliphatic carbocycles. The van der Waals surface area contributed by atoms with E-state index in [4.69, 9.17) is 9.52 Å². The Morgan fingerprint density at radius 1 is 1.38 bits per heavy atom. The number of aliphatic carboxylic acids is 1. The highest BCUT2D eigenvalue weighted by molar-refractivity contribution is 5.85. The zero-order valence-electron chi connectivity index (χ0n) is 8.08. The molecule has 0 aliphatic heterocycles. The molecule has 5 heteroatoms. The highest BCUT2D eigenvalue weighted by Crippen LogP contribution is 2.07. The van der Waals surface area contributed by atoms with E-state index in [-0.39, 0.29) is 5.89 Å². The van der Waals surface area contributed by atoms with Gasteiger partial charge in [-0.25, -0.2) is 14.6 Å². The summed E-state index contributed by atoms with van der Waals surface area (Å²) in [5.41, 5.74) is -0.0561. The van der Waals surface area contributed by atoms with Gasteiger partial charge in [-0.3, -0.25) is 0 Å². The molecule has 0 spiro atoms. The Bertz CT molecular complexity index is 627. The molecule has 16 heavy (non-hydrogen) atoms. The van der Waals surface area contributed by atoms with Crippen molar-refractivity contribution in [3.8, 4) is 0 Å². The van der Waals surface area contributed by atoms with Crippen molar-refractivity contribution in [1.82, 2.24) is 4.98 Å². The fourth-order valence-electron chi connectivity index (χ4n) is 1.25. The summed E-state index contributed by atoms with van der Waals surface area (Å²) in [5.74, 6) is -1.15. The van der Waals surface area contributed by atoms with Gasteiger partial charge in [0.05, 0.1) is 10.9 Å². The lowest BCUT2D eigenvalue weighted by Crippen LogP contribution is -2.02. The van der Waals surface area contributed by atoms with E-state index in [1.54, 1.807) is 24.3 Å². The number of nitrogens with zero attached hydrogens (tertiary/aromatic N) is 1. The number of carboxylic acid groups (broad SMARTS) is 1. The summed E-state index contributed by atoms with van der Waals surface area (Å²) in [7, 11) is 0. The molecule has 0 amide bonds. The van der Waals surface area contributed by atoms with Crippen LogP contribution in [0.5, 0.6) is 0 Å². The minimum Gasteiger partial charge on any atom is -0.478 e. The molecular formula is C11H7NO4. The lowest BCUT2D eigenvalue weighted by atomic mass is 10.2. The number of para-hydroxylation sites is 1. The maximum Gasteiger partial charge on any atom is 0.347 e. The largest absolute Gasteiger partial charge is 0.478 e. The first-order valence-corrected chi connectivity index (χ1v) is 4.48. The van der Waals surface area contributed by atoms with Crippen LogP contribution < -0.4 is 5.63 Å². The molecule has 0 saturated carbocycles. The van der Waals surface area contributed by atoms with Crippen LogP contribution in [0.25, 0.3) is 17.0 Å². The smallest absolute Gasteiger partial charge is 0.347 e. The normalized spacial score (nSPS) is 11.0. The van der Waals surface area contributed by atoms with E-state index in [1.165, 1.54) is 0 Å². The third kappa shape index (κ3) is 1.98. The van der Waals surface area contributed by atoms with Crippen molar-refractivity contribution in [2.45, 2.75) is 0 Å². The number of benzene rings is 1. The van der Waals surface area contributed by atoms with Crippen LogP contribution >= 0.6 is 0 Å². The topological polar surface area (TPSA) is 80.4 Å². The summed E-state index contributed by atoms with van der Waals surface area (Å²) in [6.07, 6.45) is 2.00. The molecule has 0 atom stereocenters. The van der Waals surface area contributed by atoms with Crippen molar-refractivity contribution in [3.05, 3.63) is 46.7 Å². The summed E-state index contributed by atoms with van der Waals surface area (Å²) < 4.78 is 4.82. The maximum absolute atomic E-state index is 11.5. The predicted octanol–water partition coefficient (Wildman–Crippen LogP) is 1.29. The first-order valence-electron chi connectivity index (χ1n) is 4.48. The lowest BCUT2D eigenvalue weighted by molar-refractivity contribution is -0.131. The number of aromatic nitrogens is 1. The molecule has 1 aromatic carbocycles.